The summed E-state index contributed by atoms with van der Waals surface area (Å²) in [6.45, 7) is 1.48. The molecule has 0 aliphatic heterocycles. The average Bonchev–Trinajstić information content (AvgIpc) is 2.59. The molecular formula is C18H21F2N3O2. The molecule has 0 radical (unpaired) electrons. The molecule has 2 amide bonds. The fourth-order valence-electron chi connectivity index (χ4n) is 2.67. The van der Waals surface area contributed by atoms with E-state index >= 15 is 0 Å². The average molecular weight is 349 g/mol. The van der Waals surface area contributed by atoms with Crippen molar-refractivity contribution in [1.82, 2.24) is 9.88 Å². The Labute approximate surface area is 145 Å². The summed E-state index contributed by atoms with van der Waals surface area (Å²) in [6, 6.07) is 9.29. The first-order valence-electron chi connectivity index (χ1n) is 8.07. The maximum atomic E-state index is 12.7. The third-order valence-electron chi connectivity index (χ3n) is 3.77. The molecule has 0 aliphatic rings. The second kappa shape index (κ2) is 8.96. The standard InChI is InChI=1S/C18H21F2N3O2/c1-3-16(13-8-10-21-11-9-13)23(4-2)18(24)22-14-6-5-7-15(12-14)25-17(19)20/h5-12,16-17H,3-4H2,1-2H3,(H,22,24)/t16-/m1/s1. The third kappa shape index (κ3) is 5.14. The largest absolute Gasteiger partial charge is 0.435 e. The van der Waals surface area contributed by atoms with Gasteiger partial charge in [0.15, 0.2) is 0 Å². The van der Waals surface area contributed by atoms with Crippen molar-refractivity contribution in [3.8, 4) is 5.75 Å². The lowest BCUT2D eigenvalue weighted by Crippen LogP contribution is -2.37. The molecule has 0 spiro atoms. The summed E-state index contributed by atoms with van der Waals surface area (Å²) in [4.78, 5) is 18.4. The zero-order chi connectivity index (χ0) is 18.2. The van der Waals surface area contributed by atoms with Crippen molar-refractivity contribution in [2.45, 2.75) is 32.9 Å². The fraction of sp³-hybridized carbons (Fsp3) is 0.333. The summed E-state index contributed by atoms with van der Waals surface area (Å²) in [6.07, 6.45) is 4.11. The summed E-state index contributed by atoms with van der Waals surface area (Å²) in [5.41, 5.74) is 1.38. The van der Waals surface area contributed by atoms with Crippen molar-refractivity contribution < 1.29 is 18.3 Å². The topological polar surface area (TPSA) is 54.5 Å². The number of urea groups is 1. The lowest BCUT2D eigenvalue weighted by molar-refractivity contribution is -0.0497. The highest BCUT2D eigenvalue weighted by molar-refractivity contribution is 5.89. The van der Waals surface area contributed by atoms with E-state index in [9.17, 15) is 13.6 Å². The SMILES string of the molecule is CC[C@H](c1ccncc1)N(CC)C(=O)Nc1cccc(OC(F)F)c1. The van der Waals surface area contributed by atoms with Gasteiger partial charge in [-0.2, -0.15) is 8.78 Å². The number of benzene rings is 1. The molecule has 1 heterocycles. The van der Waals surface area contributed by atoms with E-state index in [2.05, 4.69) is 15.0 Å². The number of ether oxygens (including phenoxy) is 1. The van der Waals surface area contributed by atoms with E-state index in [4.69, 9.17) is 0 Å². The van der Waals surface area contributed by atoms with E-state index in [1.807, 2.05) is 26.0 Å². The monoisotopic (exact) mass is 349 g/mol. The van der Waals surface area contributed by atoms with Crippen molar-refractivity contribution in [3.63, 3.8) is 0 Å². The number of amides is 2. The highest BCUT2D eigenvalue weighted by Gasteiger charge is 2.22. The molecular weight excluding hydrogens is 328 g/mol. The Hall–Kier alpha value is -2.70. The highest BCUT2D eigenvalue weighted by atomic mass is 19.3. The van der Waals surface area contributed by atoms with Gasteiger partial charge in [-0.15, -0.1) is 0 Å². The summed E-state index contributed by atoms with van der Waals surface area (Å²) < 4.78 is 29.0. The Morgan fingerprint density at radius 3 is 2.56 bits per heavy atom. The number of halogens is 2. The highest BCUT2D eigenvalue weighted by Crippen LogP contribution is 2.25. The van der Waals surface area contributed by atoms with Crippen LogP contribution >= 0.6 is 0 Å². The molecule has 0 saturated heterocycles. The van der Waals surface area contributed by atoms with Crippen LogP contribution < -0.4 is 10.1 Å². The van der Waals surface area contributed by atoms with Gasteiger partial charge in [-0.3, -0.25) is 4.98 Å². The first-order chi connectivity index (χ1) is 12.0. The molecule has 25 heavy (non-hydrogen) atoms. The number of pyridine rings is 1. The van der Waals surface area contributed by atoms with Gasteiger partial charge in [0.2, 0.25) is 0 Å². The Balaban J connectivity index is 2.14. The number of hydrogen-bond acceptors (Lipinski definition) is 3. The van der Waals surface area contributed by atoms with Crippen LogP contribution in [0.5, 0.6) is 5.75 Å². The number of hydrogen-bond donors (Lipinski definition) is 1. The van der Waals surface area contributed by atoms with Gasteiger partial charge in [0.25, 0.3) is 0 Å². The van der Waals surface area contributed by atoms with Crippen LogP contribution in [-0.4, -0.2) is 29.1 Å². The minimum absolute atomic E-state index is 0.00276. The summed E-state index contributed by atoms with van der Waals surface area (Å²) in [5.74, 6) is -0.00276. The summed E-state index contributed by atoms with van der Waals surface area (Å²) in [5, 5.41) is 2.74. The van der Waals surface area contributed by atoms with Gasteiger partial charge >= 0.3 is 12.6 Å². The van der Waals surface area contributed by atoms with Crippen LogP contribution in [-0.2, 0) is 0 Å². The Morgan fingerprint density at radius 2 is 1.96 bits per heavy atom. The first kappa shape index (κ1) is 18.6. The van der Waals surface area contributed by atoms with Gasteiger partial charge in [0.1, 0.15) is 5.75 Å². The number of aromatic nitrogens is 1. The van der Waals surface area contributed by atoms with Crippen molar-refractivity contribution in [2.75, 3.05) is 11.9 Å². The number of alkyl halides is 2. The molecule has 0 saturated carbocycles. The minimum atomic E-state index is -2.91. The molecule has 0 aliphatic carbocycles. The first-order valence-corrected chi connectivity index (χ1v) is 8.07. The van der Waals surface area contributed by atoms with Crippen molar-refractivity contribution in [1.29, 1.82) is 0 Å². The molecule has 1 aromatic carbocycles. The Morgan fingerprint density at radius 1 is 1.24 bits per heavy atom. The second-order valence-electron chi connectivity index (χ2n) is 5.33. The number of anilines is 1. The van der Waals surface area contributed by atoms with Crippen molar-refractivity contribution >= 4 is 11.7 Å². The quantitative estimate of drug-likeness (QED) is 0.789. The number of carbonyl (C=O) groups is 1. The molecule has 0 unspecified atom stereocenters. The predicted octanol–water partition coefficient (Wildman–Crippen LogP) is 4.69. The zero-order valence-corrected chi connectivity index (χ0v) is 14.2. The number of nitrogens with zero attached hydrogens (tertiary/aromatic N) is 2. The van der Waals surface area contributed by atoms with Crippen LogP contribution in [0.15, 0.2) is 48.8 Å². The van der Waals surface area contributed by atoms with Gasteiger partial charge in [-0.05, 0) is 43.2 Å². The van der Waals surface area contributed by atoms with Crippen LogP contribution in [0, 0.1) is 0 Å². The van der Waals surface area contributed by atoms with E-state index < -0.39 is 6.61 Å². The molecule has 0 bridgehead atoms. The van der Waals surface area contributed by atoms with Crippen LogP contribution in [0.25, 0.3) is 0 Å². The molecule has 2 aromatic rings. The van der Waals surface area contributed by atoms with Gasteiger partial charge < -0.3 is 15.0 Å². The molecule has 134 valence electrons. The van der Waals surface area contributed by atoms with E-state index in [0.717, 1.165) is 12.0 Å². The molecule has 2 rings (SSSR count). The molecule has 1 N–H and O–H groups in total. The van der Waals surface area contributed by atoms with Crippen LogP contribution in [0.3, 0.4) is 0 Å². The van der Waals surface area contributed by atoms with Crippen LogP contribution in [0.1, 0.15) is 31.9 Å². The lowest BCUT2D eigenvalue weighted by atomic mass is 10.0. The smallest absolute Gasteiger partial charge is 0.387 e. The number of rotatable bonds is 7. The summed E-state index contributed by atoms with van der Waals surface area (Å²) in [7, 11) is 0. The Bertz CT molecular complexity index is 683. The molecule has 1 atom stereocenters. The maximum absolute atomic E-state index is 12.7. The van der Waals surface area contributed by atoms with Crippen molar-refractivity contribution in [2.24, 2.45) is 0 Å². The Kier molecular flexibility index (Phi) is 6.68. The molecule has 1 aromatic heterocycles. The number of nitrogens with one attached hydrogen (secondary N) is 1. The summed E-state index contributed by atoms with van der Waals surface area (Å²) >= 11 is 0. The van der Waals surface area contributed by atoms with Gasteiger partial charge in [0, 0.05) is 30.7 Å². The maximum Gasteiger partial charge on any atom is 0.387 e. The molecule has 7 heteroatoms. The zero-order valence-electron chi connectivity index (χ0n) is 14.2. The normalized spacial score (nSPS) is 11.9. The second-order valence-corrected chi connectivity index (χ2v) is 5.33. The fourth-order valence-corrected chi connectivity index (χ4v) is 2.67. The van der Waals surface area contributed by atoms with E-state index in [1.54, 1.807) is 29.4 Å². The lowest BCUT2D eigenvalue weighted by Gasteiger charge is -2.30. The molecule has 0 fully saturated rings. The van der Waals surface area contributed by atoms with Gasteiger partial charge in [0.05, 0.1) is 6.04 Å². The molecule has 5 nitrogen and oxygen atoms in total. The van der Waals surface area contributed by atoms with E-state index in [0.29, 0.717) is 12.2 Å². The van der Waals surface area contributed by atoms with E-state index in [1.165, 1.54) is 12.1 Å². The van der Waals surface area contributed by atoms with Crippen molar-refractivity contribution in [3.05, 3.63) is 54.4 Å². The number of carbonyl (C=O) groups excluding carboxylic acids is 1. The minimum Gasteiger partial charge on any atom is -0.435 e. The van der Waals surface area contributed by atoms with Gasteiger partial charge in [-0.1, -0.05) is 13.0 Å². The third-order valence-corrected chi connectivity index (χ3v) is 3.77. The van der Waals surface area contributed by atoms with Crippen LogP contribution in [0.2, 0.25) is 0 Å². The van der Waals surface area contributed by atoms with Crippen LogP contribution in [0.4, 0.5) is 19.3 Å². The van der Waals surface area contributed by atoms with E-state index in [-0.39, 0.29) is 17.8 Å². The van der Waals surface area contributed by atoms with Gasteiger partial charge in [-0.25, -0.2) is 4.79 Å². The predicted molar refractivity (Wildman–Crippen MR) is 91.7 cm³/mol.